The normalized spacial score (nSPS) is 10.5. The smallest absolute Gasteiger partial charge is 0.358 e. The van der Waals surface area contributed by atoms with Gasteiger partial charge in [-0.1, -0.05) is 6.07 Å². The van der Waals surface area contributed by atoms with Crippen LogP contribution in [0.5, 0.6) is 0 Å². The van der Waals surface area contributed by atoms with Crippen LogP contribution in [0.3, 0.4) is 0 Å². The van der Waals surface area contributed by atoms with Gasteiger partial charge in [0.15, 0.2) is 5.69 Å². The SMILES string of the molecule is COC(=O)c1nc(CCl)n2ccccc12. The van der Waals surface area contributed by atoms with E-state index in [1.807, 2.05) is 18.3 Å². The highest BCUT2D eigenvalue weighted by molar-refractivity contribution is 6.16. The van der Waals surface area contributed by atoms with Gasteiger partial charge < -0.3 is 9.14 Å². The number of nitrogens with zero attached hydrogens (tertiary/aromatic N) is 2. The molecule has 0 aromatic carbocycles. The van der Waals surface area contributed by atoms with Gasteiger partial charge in [-0.15, -0.1) is 11.6 Å². The van der Waals surface area contributed by atoms with Crippen LogP contribution in [0.1, 0.15) is 16.3 Å². The Labute approximate surface area is 91.4 Å². The Hall–Kier alpha value is -1.55. The molecule has 2 aromatic heterocycles. The van der Waals surface area contributed by atoms with Gasteiger partial charge in [-0.2, -0.15) is 0 Å². The number of ether oxygens (including phenoxy) is 1. The molecule has 2 rings (SSSR count). The van der Waals surface area contributed by atoms with Crippen LogP contribution in [0.2, 0.25) is 0 Å². The first kappa shape index (κ1) is 9.98. The zero-order chi connectivity index (χ0) is 10.8. The third kappa shape index (κ3) is 1.57. The number of halogens is 1. The van der Waals surface area contributed by atoms with Crippen LogP contribution >= 0.6 is 11.6 Å². The summed E-state index contributed by atoms with van der Waals surface area (Å²) < 4.78 is 6.42. The molecule has 0 spiro atoms. The number of pyridine rings is 1. The van der Waals surface area contributed by atoms with Gasteiger partial charge in [-0.25, -0.2) is 9.78 Å². The number of methoxy groups -OCH3 is 1. The van der Waals surface area contributed by atoms with Crippen LogP contribution in [0.4, 0.5) is 0 Å². The molecule has 0 radical (unpaired) electrons. The molecule has 0 N–H and O–H groups in total. The summed E-state index contributed by atoms with van der Waals surface area (Å²) in [5.74, 6) is 0.435. The number of hydrogen-bond acceptors (Lipinski definition) is 3. The maximum absolute atomic E-state index is 11.4. The molecule has 0 aliphatic heterocycles. The number of esters is 1. The molecule has 0 aliphatic carbocycles. The molecule has 0 fully saturated rings. The van der Waals surface area contributed by atoms with Crippen molar-refractivity contribution in [1.82, 2.24) is 9.38 Å². The second-order valence-corrected chi connectivity index (χ2v) is 3.22. The van der Waals surface area contributed by atoms with E-state index in [1.54, 1.807) is 10.5 Å². The number of rotatable bonds is 2. The van der Waals surface area contributed by atoms with Crippen LogP contribution in [0.25, 0.3) is 5.52 Å². The summed E-state index contributed by atoms with van der Waals surface area (Å²) in [6.45, 7) is 0. The molecular weight excluding hydrogens is 216 g/mol. The van der Waals surface area contributed by atoms with Crippen LogP contribution in [-0.2, 0) is 10.6 Å². The first-order valence-corrected chi connectivity index (χ1v) is 4.91. The van der Waals surface area contributed by atoms with Crippen molar-refractivity contribution in [2.45, 2.75) is 5.88 Å². The third-order valence-electron chi connectivity index (χ3n) is 2.12. The minimum Gasteiger partial charge on any atom is -0.464 e. The van der Waals surface area contributed by atoms with E-state index in [0.29, 0.717) is 17.0 Å². The molecule has 15 heavy (non-hydrogen) atoms. The topological polar surface area (TPSA) is 43.6 Å². The number of aromatic nitrogens is 2. The number of fused-ring (bicyclic) bond motifs is 1. The third-order valence-corrected chi connectivity index (χ3v) is 2.36. The molecule has 0 saturated carbocycles. The molecule has 0 saturated heterocycles. The Morgan fingerprint density at radius 3 is 3.07 bits per heavy atom. The van der Waals surface area contributed by atoms with E-state index in [0.717, 1.165) is 0 Å². The number of hydrogen-bond donors (Lipinski definition) is 0. The van der Waals surface area contributed by atoms with Crippen LogP contribution in [-0.4, -0.2) is 22.5 Å². The molecule has 78 valence electrons. The number of alkyl halides is 1. The second-order valence-electron chi connectivity index (χ2n) is 2.96. The Bertz CT molecular complexity index is 507. The summed E-state index contributed by atoms with van der Waals surface area (Å²) in [6, 6.07) is 5.49. The van der Waals surface area contributed by atoms with Crippen molar-refractivity contribution >= 4 is 23.1 Å². The summed E-state index contributed by atoms with van der Waals surface area (Å²) in [4.78, 5) is 15.6. The molecule has 0 unspecified atom stereocenters. The maximum Gasteiger partial charge on any atom is 0.358 e. The van der Waals surface area contributed by atoms with Crippen molar-refractivity contribution < 1.29 is 9.53 Å². The minimum atomic E-state index is -0.449. The predicted molar refractivity (Wildman–Crippen MR) is 56.1 cm³/mol. The van der Waals surface area contributed by atoms with Crippen molar-refractivity contribution in [3.63, 3.8) is 0 Å². The monoisotopic (exact) mass is 224 g/mol. The van der Waals surface area contributed by atoms with Crippen LogP contribution < -0.4 is 0 Å². The van der Waals surface area contributed by atoms with Gasteiger partial charge in [0.25, 0.3) is 0 Å². The van der Waals surface area contributed by atoms with E-state index in [2.05, 4.69) is 9.72 Å². The van der Waals surface area contributed by atoms with E-state index < -0.39 is 5.97 Å². The number of imidazole rings is 1. The molecule has 4 nitrogen and oxygen atoms in total. The van der Waals surface area contributed by atoms with Gasteiger partial charge >= 0.3 is 5.97 Å². The molecule has 2 aromatic rings. The summed E-state index contributed by atoms with van der Waals surface area (Å²) in [5, 5.41) is 0. The molecule has 2 heterocycles. The highest BCUT2D eigenvalue weighted by Gasteiger charge is 2.16. The predicted octanol–water partition coefficient (Wildman–Crippen LogP) is 1.86. The molecule has 0 atom stereocenters. The Balaban J connectivity index is 2.70. The lowest BCUT2D eigenvalue weighted by Gasteiger charge is -1.96. The van der Waals surface area contributed by atoms with Crippen molar-refractivity contribution in [2.24, 2.45) is 0 Å². The summed E-state index contributed by atoms with van der Waals surface area (Å²) in [6.07, 6.45) is 1.81. The summed E-state index contributed by atoms with van der Waals surface area (Å²) in [7, 11) is 1.33. The van der Waals surface area contributed by atoms with Crippen LogP contribution in [0, 0.1) is 0 Å². The summed E-state index contributed by atoms with van der Waals surface area (Å²) in [5.41, 5.74) is 1.01. The van der Waals surface area contributed by atoms with E-state index in [4.69, 9.17) is 11.6 Å². The second kappa shape index (κ2) is 3.90. The standard InChI is InChI=1S/C10H9ClN2O2/c1-15-10(14)9-7-4-2-3-5-13(7)8(6-11)12-9/h2-5H,6H2,1H3. The van der Waals surface area contributed by atoms with Gasteiger partial charge in [0.2, 0.25) is 0 Å². The lowest BCUT2D eigenvalue weighted by atomic mass is 10.3. The highest BCUT2D eigenvalue weighted by Crippen LogP contribution is 2.15. The molecule has 0 aliphatic rings. The average molecular weight is 225 g/mol. The first-order valence-electron chi connectivity index (χ1n) is 4.38. The quantitative estimate of drug-likeness (QED) is 0.578. The van der Waals surface area contributed by atoms with E-state index in [9.17, 15) is 4.79 Å². The zero-order valence-electron chi connectivity index (χ0n) is 8.11. The van der Waals surface area contributed by atoms with Gasteiger partial charge in [0, 0.05) is 6.20 Å². The van der Waals surface area contributed by atoms with Crippen molar-refractivity contribution in [1.29, 1.82) is 0 Å². The van der Waals surface area contributed by atoms with E-state index >= 15 is 0 Å². The number of carbonyl (C=O) groups excluding carboxylic acids is 1. The number of carbonyl (C=O) groups is 1. The van der Waals surface area contributed by atoms with Crippen LogP contribution in [0.15, 0.2) is 24.4 Å². The van der Waals surface area contributed by atoms with Crippen molar-refractivity contribution in [2.75, 3.05) is 7.11 Å². The average Bonchev–Trinajstić information content (AvgIpc) is 2.67. The van der Waals surface area contributed by atoms with Crippen molar-refractivity contribution in [3.8, 4) is 0 Å². The summed E-state index contributed by atoms with van der Waals surface area (Å²) >= 11 is 5.73. The van der Waals surface area contributed by atoms with E-state index in [-0.39, 0.29) is 5.88 Å². The Morgan fingerprint density at radius 2 is 2.40 bits per heavy atom. The molecule has 5 heteroatoms. The highest BCUT2D eigenvalue weighted by atomic mass is 35.5. The molecule has 0 bridgehead atoms. The van der Waals surface area contributed by atoms with Gasteiger partial charge in [0.05, 0.1) is 18.5 Å². The zero-order valence-corrected chi connectivity index (χ0v) is 8.86. The lowest BCUT2D eigenvalue weighted by Crippen LogP contribution is -2.02. The van der Waals surface area contributed by atoms with Gasteiger partial charge in [-0.3, -0.25) is 0 Å². The largest absolute Gasteiger partial charge is 0.464 e. The van der Waals surface area contributed by atoms with Gasteiger partial charge in [0.1, 0.15) is 5.82 Å². The van der Waals surface area contributed by atoms with Gasteiger partial charge in [-0.05, 0) is 12.1 Å². The minimum absolute atomic E-state index is 0.252. The van der Waals surface area contributed by atoms with E-state index in [1.165, 1.54) is 7.11 Å². The molecular formula is C10H9ClN2O2. The Kier molecular flexibility index (Phi) is 2.60. The first-order chi connectivity index (χ1) is 7.27. The maximum atomic E-state index is 11.4. The lowest BCUT2D eigenvalue weighted by molar-refractivity contribution is 0.0597. The van der Waals surface area contributed by atoms with Crippen molar-refractivity contribution in [3.05, 3.63) is 35.9 Å². The molecule has 0 amide bonds. The fourth-order valence-electron chi connectivity index (χ4n) is 1.44. The fourth-order valence-corrected chi connectivity index (χ4v) is 1.63. The Morgan fingerprint density at radius 1 is 1.60 bits per heavy atom. The fraction of sp³-hybridized carbons (Fsp3) is 0.200.